The molecule has 0 bridgehead atoms. The average molecular weight is 325 g/mol. The van der Waals surface area contributed by atoms with Crippen LogP contribution >= 0.6 is 0 Å². The van der Waals surface area contributed by atoms with Crippen molar-refractivity contribution in [1.29, 1.82) is 0 Å². The Bertz CT molecular complexity index is 805. The molecule has 7 nitrogen and oxygen atoms in total. The summed E-state index contributed by atoms with van der Waals surface area (Å²) in [5.41, 5.74) is 7.83. The van der Waals surface area contributed by atoms with Crippen molar-refractivity contribution < 1.29 is 9.90 Å². The summed E-state index contributed by atoms with van der Waals surface area (Å²) in [7, 11) is 0. The first-order chi connectivity index (χ1) is 11.6. The van der Waals surface area contributed by atoms with Gasteiger partial charge < -0.3 is 15.7 Å². The zero-order valence-electron chi connectivity index (χ0n) is 13.3. The first kappa shape index (κ1) is 14.9. The number of nitrogen functional groups attached to an aromatic ring is 1. The minimum atomic E-state index is -0.234. The molecule has 7 heteroatoms. The molecule has 1 aliphatic carbocycles. The Kier molecular flexibility index (Phi) is 3.37. The Morgan fingerprint density at radius 3 is 3.04 bits per heavy atom. The summed E-state index contributed by atoms with van der Waals surface area (Å²) in [4.78, 5) is 27.2. The van der Waals surface area contributed by atoms with Gasteiger partial charge in [-0.15, -0.1) is 0 Å². The summed E-state index contributed by atoms with van der Waals surface area (Å²) in [5, 5.41) is 9.92. The topological polar surface area (TPSA) is 105 Å². The van der Waals surface area contributed by atoms with Crippen molar-refractivity contribution in [3.63, 3.8) is 0 Å². The van der Waals surface area contributed by atoms with Crippen LogP contribution < -0.4 is 5.73 Å². The molecule has 1 fully saturated rings. The van der Waals surface area contributed by atoms with Gasteiger partial charge in [0.05, 0.1) is 5.69 Å². The molecule has 2 aromatic rings. The molecule has 0 aromatic carbocycles. The number of rotatable bonds is 1. The molecule has 1 atom stereocenters. The number of pyridine rings is 1. The maximum Gasteiger partial charge on any atom is 0.276 e. The molecule has 1 amide bonds. The van der Waals surface area contributed by atoms with Gasteiger partial charge in [-0.2, -0.15) is 0 Å². The average Bonchev–Trinajstić information content (AvgIpc) is 2.92. The number of aryl methyl sites for hydroxylation is 1. The van der Waals surface area contributed by atoms with Crippen molar-refractivity contribution in [2.24, 2.45) is 0 Å². The van der Waals surface area contributed by atoms with Crippen LogP contribution in [0.15, 0.2) is 24.5 Å². The third-order valence-electron chi connectivity index (χ3n) is 5.11. The molecule has 0 radical (unpaired) electrons. The quantitative estimate of drug-likeness (QED) is 0.818. The number of carbonyl (C=O) groups is 1. The summed E-state index contributed by atoms with van der Waals surface area (Å²) < 4.78 is 0. The predicted molar refractivity (Wildman–Crippen MR) is 87.5 cm³/mol. The van der Waals surface area contributed by atoms with Crippen LogP contribution in [0.5, 0.6) is 5.75 Å². The van der Waals surface area contributed by atoms with Gasteiger partial charge in [-0.3, -0.25) is 4.79 Å². The number of anilines is 1. The minimum absolute atomic E-state index is 0.0829. The fourth-order valence-electron chi connectivity index (χ4n) is 3.97. The number of hydrogen-bond donors (Lipinski definition) is 2. The smallest absolute Gasteiger partial charge is 0.276 e. The Labute approximate surface area is 139 Å². The van der Waals surface area contributed by atoms with E-state index in [0.29, 0.717) is 13.1 Å². The van der Waals surface area contributed by atoms with Crippen molar-refractivity contribution in [3.05, 3.63) is 41.5 Å². The van der Waals surface area contributed by atoms with Crippen LogP contribution in [0.3, 0.4) is 0 Å². The summed E-state index contributed by atoms with van der Waals surface area (Å²) >= 11 is 0. The molecule has 2 aromatic heterocycles. The number of aromatic hydroxyl groups is 1. The highest BCUT2D eigenvalue weighted by molar-refractivity contribution is 5.95. The highest BCUT2D eigenvalue weighted by atomic mass is 16.3. The summed E-state index contributed by atoms with van der Waals surface area (Å²) in [6.45, 7) is 1.23. The largest absolute Gasteiger partial charge is 0.505 e. The number of hydrogen-bond acceptors (Lipinski definition) is 6. The van der Waals surface area contributed by atoms with E-state index in [1.807, 2.05) is 0 Å². The number of amides is 1. The number of carbonyl (C=O) groups excluding carboxylic acids is 1. The Balaban J connectivity index is 1.65. The standard InChI is InChI=1S/C17H19N5O2/c18-16-20-9-11-4-6-17(14(11)21-16)5-2-8-22(10-17)15(24)13-12(23)3-1-7-19-13/h1,3,7,9,23H,2,4-6,8,10H2,(H2,18,20,21). The molecule has 2 aliphatic rings. The van der Waals surface area contributed by atoms with Gasteiger partial charge in [0.2, 0.25) is 5.95 Å². The SMILES string of the molecule is Nc1ncc2c(n1)C1(CCCN(C(=O)c3ncccc3O)C1)CC2. The van der Waals surface area contributed by atoms with Gasteiger partial charge >= 0.3 is 0 Å². The Morgan fingerprint density at radius 1 is 1.33 bits per heavy atom. The zero-order valence-corrected chi connectivity index (χ0v) is 13.3. The van der Waals surface area contributed by atoms with E-state index in [9.17, 15) is 9.90 Å². The highest BCUT2D eigenvalue weighted by Crippen LogP contribution is 2.44. The minimum Gasteiger partial charge on any atom is -0.505 e. The molecule has 1 aliphatic heterocycles. The van der Waals surface area contributed by atoms with Crippen LogP contribution in [-0.4, -0.2) is 44.0 Å². The van der Waals surface area contributed by atoms with Crippen LogP contribution in [0.4, 0.5) is 5.95 Å². The lowest BCUT2D eigenvalue weighted by Gasteiger charge is -2.40. The van der Waals surface area contributed by atoms with E-state index in [1.54, 1.807) is 17.2 Å². The van der Waals surface area contributed by atoms with Gasteiger partial charge in [-0.25, -0.2) is 15.0 Å². The third-order valence-corrected chi connectivity index (χ3v) is 5.11. The molecule has 1 saturated heterocycles. The maximum absolute atomic E-state index is 12.8. The van der Waals surface area contributed by atoms with Crippen molar-refractivity contribution in [2.45, 2.75) is 31.1 Å². The lowest BCUT2D eigenvalue weighted by molar-refractivity contribution is 0.0624. The molecular formula is C17H19N5O2. The van der Waals surface area contributed by atoms with E-state index in [-0.39, 0.29) is 28.7 Å². The number of likely N-dealkylation sites (tertiary alicyclic amines) is 1. The van der Waals surface area contributed by atoms with E-state index in [4.69, 9.17) is 5.73 Å². The second-order valence-corrected chi connectivity index (χ2v) is 6.58. The van der Waals surface area contributed by atoms with Gasteiger partial charge in [0.15, 0.2) is 5.69 Å². The number of fused-ring (bicyclic) bond motifs is 2. The molecule has 0 saturated carbocycles. The summed E-state index contributed by atoms with van der Waals surface area (Å²) in [6.07, 6.45) is 7.05. The van der Waals surface area contributed by atoms with Gasteiger partial charge in [0.25, 0.3) is 5.91 Å². The molecule has 4 rings (SSSR count). The first-order valence-corrected chi connectivity index (χ1v) is 8.14. The Hall–Kier alpha value is -2.70. The molecule has 24 heavy (non-hydrogen) atoms. The maximum atomic E-state index is 12.8. The van der Waals surface area contributed by atoms with E-state index in [2.05, 4.69) is 15.0 Å². The van der Waals surface area contributed by atoms with Crippen molar-refractivity contribution in [1.82, 2.24) is 19.9 Å². The normalized spacial score (nSPS) is 22.6. The number of nitrogens with two attached hydrogens (primary N) is 1. The van der Waals surface area contributed by atoms with E-state index in [1.165, 1.54) is 12.3 Å². The third kappa shape index (κ3) is 2.28. The van der Waals surface area contributed by atoms with Crippen molar-refractivity contribution in [3.8, 4) is 5.75 Å². The summed E-state index contributed by atoms with van der Waals surface area (Å²) in [5.74, 6) is -0.0380. The van der Waals surface area contributed by atoms with E-state index < -0.39 is 0 Å². The van der Waals surface area contributed by atoms with Crippen molar-refractivity contribution in [2.75, 3.05) is 18.8 Å². The number of aromatic nitrogens is 3. The van der Waals surface area contributed by atoms with Crippen LogP contribution in [0.25, 0.3) is 0 Å². The molecule has 1 unspecified atom stereocenters. The fraction of sp³-hybridized carbons (Fsp3) is 0.412. The molecule has 3 N–H and O–H groups in total. The highest BCUT2D eigenvalue weighted by Gasteiger charge is 2.45. The molecule has 1 spiro atoms. The van der Waals surface area contributed by atoms with Gasteiger partial charge in [-0.05, 0) is 43.4 Å². The fourth-order valence-corrected chi connectivity index (χ4v) is 3.97. The zero-order chi connectivity index (χ0) is 16.7. The lowest BCUT2D eigenvalue weighted by atomic mass is 9.77. The van der Waals surface area contributed by atoms with Gasteiger partial charge in [0.1, 0.15) is 5.75 Å². The molecule has 3 heterocycles. The van der Waals surface area contributed by atoms with Crippen LogP contribution in [0.2, 0.25) is 0 Å². The van der Waals surface area contributed by atoms with Gasteiger partial charge in [-0.1, -0.05) is 0 Å². The van der Waals surface area contributed by atoms with Crippen molar-refractivity contribution >= 4 is 11.9 Å². The van der Waals surface area contributed by atoms with Crippen LogP contribution in [-0.2, 0) is 11.8 Å². The number of nitrogens with zero attached hydrogens (tertiary/aromatic N) is 4. The molecule has 124 valence electrons. The van der Waals surface area contributed by atoms with Crippen LogP contribution in [0.1, 0.15) is 41.0 Å². The van der Waals surface area contributed by atoms with E-state index in [0.717, 1.165) is 36.9 Å². The molecular weight excluding hydrogens is 306 g/mol. The van der Waals surface area contributed by atoms with E-state index >= 15 is 0 Å². The lowest BCUT2D eigenvalue weighted by Crippen LogP contribution is -2.48. The monoisotopic (exact) mass is 325 g/mol. The Morgan fingerprint density at radius 2 is 2.21 bits per heavy atom. The predicted octanol–water partition coefficient (Wildman–Crippen LogP) is 1.28. The van der Waals surface area contributed by atoms with Crippen LogP contribution in [0, 0.1) is 0 Å². The number of piperidine rings is 1. The second kappa shape index (κ2) is 5.43. The van der Waals surface area contributed by atoms with Gasteiger partial charge in [0, 0.05) is 30.9 Å². The summed E-state index contributed by atoms with van der Waals surface area (Å²) in [6, 6.07) is 3.09. The first-order valence-electron chi connectivity index (χ1n) is 8.14. The second-order valence-electron chi connectivity index (χ2n) is 6.58.